The molecule has 0 aliphatic carbocycles. The van der Waals surface area contributed by atoms with Crippen LogP contribution in [0.2, 0.25) is 0 Å². The number of nitrogens with one attached hydrogen (secondary N) is 1. The fourth-order valence-electron chi connectivity index (χ4n) is 3.59. The molecule has 3 heteroatoms. The largest absolute Gasteiger partial charge is 0.384 e. The van der Waals surface area contributed by atoms with Crippen molar-refractivity contribution in [3.05, 3.63) is 29.8 Å². The van der Waals surface area contributed by atoms with Crippen LogP contribution in [0.5, 0.6) is 0 Å². The molecule has 1 unspecified atom stereocenters. The van der Waals surface area contributed by atoms with Gasteiger partial charge in [0.1, 0.15) is 0 Å². The lowest BCUT2D eigenvalue weighted by Gasteiger charge is -2.37. The first kappa shape index (κ1) is 13.9. The summed E-state index contributed by atoms with van der Waals surface area (Å²) in [4.78, 5) is 2.69. The third kappa shape index (κ3) is 3.15. The van der Waals surface area contributed by atoms with Gasteiger partial charge >= 0.3 is 0 Å². The molecule has 0 spiro atoms. The van der Waals surface area contributed by atoms with Gasteiger partial charge in [0, 0.05) is 32.0 Å². The Labute approximate surface area is 122 Å². The van der Waals surface area contributed by atoms with Gasteiger partial charge in [-0.2, -0.15) is 0 Å². The molecule has 2 aliphatic heterocycles. The number of anilines is 1. The minimum Gasteiger partial charge on any atom is -0.384 e. The Hall–Kier alpha value is -1.06. The Kier molecular flexibility index (Phi) is 4.58. The summed E-state index contributed by atoms with van der Waals surface area (Å²) in [7, 11) is 1.82. The predicted molar refractivity (Wildman–Crippen MR) is 83.2 cm³/mol. The van der Waals surface area contributed by atoms with E-state index in [9.17, 15) is 0 Å². The third-order valence-corrected chi connectivity index (χ3v) is 4.86. The summed E-state index contributed by atoms with van der Waals surface area (Å²) in [6, 6.07) is 9.43. The van der Waals surface area contributed by atoms with Crippen LogP contribution in [0.25, 0.3) is 0 Å². The van der Waals surface area contributed by atoms with Crippen molar-refractivity contribution in [3.8, 4) is 0 Å². The number of benzene rings is 1. The van der Waals surface area contributed by atoms with Crippen LogP contribution < -0.4 is 5.32 Å². The van der Waals surface area contributed by atoms with Crippen molar-refractivity contribution in [2.75, 3.05) is 38.7 Å². The van der Waals surface area contributed by atoms with Gasteiger partial charge in [-0.05, 0) is 56.3 Å². The van der Waals surface area contributed by atoms with Crippen LogP contribution in [-0.4, -0.2) is 44.3 Å². The van der Waals surface area contributed by atoms with E-state index in [0.29, 0.717) is 6.04 Å². The van der Waals surface area contributed by atoms with Crippen molar-refractivity contribution in [1.29, 1.82) is 0 Å². The molecule has 0 bridgehead atoms. The number of hydrogen-bond acceptors (Lipinski definition) is 3. The number of methoxy groups -OCH3 is 1. The van der Waals surface area contributed by atoms with Crippen LogP contribution in [-0.2, 0) is 11.2 Å². The van der Waals surface area contributed by atoms with Crippen molar-refractivity contribution in [1.82, 2.24) is 4.90 Å². The summed E-state index contributed by atoms with van der Waals surface area (Å²) in [5.41, 5.74) is 2.81. The standard InChI is InChI=1S/C17H26N2O/c1-20-13-14-8-10-19(11-9-14)16-7-6-15-4-2-3-5-17(15)18-12-16/h2-5,14,16,18H,6-13H2,1H3. The van der Waals surface area contributed by atoms with Crippen molar-refractivity contribution in [2.45, 2.75) is 31.7 Å². The summed E-state index contributed by atoms with van der Waals surface area (Å²) in [6.45, 7) is 4.49. The quantitative estimate of drug-likeness (QED) is 0.917. The second-order valence-corrected chi connectivity index (χ2v) is 6.17. The zero-order valence-electron chi connectivity index (χ0n) is 12.5. The molecule has 1 aromatic rings. The molecule has 1 fully saturated rings. The van der Waals surface area contributed by atoms with Gasteiger partial charge in [-0.25, -0.2) is 0 Å². The molecule has 1 N–H and O–H groups in total. The van der Waals surface area contributed by atoms with Gasteiger partial charge in [-0.3, -0.25) is 4.90 Å². The Bertz CT molecular complexity index is 400. The fourth-order valence-corrected chi connectivity index (χ4v) is 3.59. The van der Waals surface area contributed by atoms with Gasteiger partial charge in [0.2, 0.25) is 0 Å². The third-order valence-electron chi connectivity index (χ3n) is 4.86. The predicted octanol–water partition coefficient (Wildman–Crippen LogP) is 2.77. The maximum Gasteiger partial charge on any atom is 0.0491 e. The van der Waals surface area contributed by atoms with Crippen molar-refractivity contribution in [2.24, 2.45) is 5.92 Å². The molecule has 3 nitrogen and oxygen atoms in total. The lowest BCUT2D eigenvalue weighted by atomic mass is 9.95. The van der Waals surface area contributed by atoms with Gasteiger partial charge in [0.25, 0.3) is 0 Å². The van der Waals surface area contributed by atoms with Crippen molar-refractivity contribution in [3.63, 3.8) is 0 Å². The van der Waals surface area contributed by atoms with E-state index in [1.54, 1.807) is 0 Å². The number of likely N-dealkylation sites (tertiary alicyclic amines) is 1. The van der Waals surface area contributed by atoms with Gasteiger partial charge in [0.05, 0.1) is 0 Å². The number of aryl methyl sites for hydroxylation is 1. The molecule has 2 aliphatic rings. The molecule has 0 amide bonds. The second kappa shape index (κ2) is 6.59. The topological polar surface area (TPSA) is 24.5 Å². The molecule has 3 rings (SSSR count). The highest BCUT2D eigenvalue weighted by atomic mass is 16.5. The highest BCUT2D eigenvalue weighted by Crippen LogP contribution is 2.26. The SMILES string of the molecule is COCC1CCN(C2CCc3ccccc3NC2)CC1. The van der Waals surface area contributed by atoms with E-state index in [2.05, 4.69) is 34.5 Å². The highest BCUT2D eigenvalue weighted by molar-refractivity contribution is 5.52. The average molecular weight is 274 g/mol. The fraction of sp³-hybridized carbons (Fsp3) is 0.647. The van der Waals surface area contributed by atoms with Crippen LogP contribution in [0.15, 0.2) is 24.3 Å². The first-order valence-corrected chi connectivity index (χ1v) is 7.91. The first-order chi connectivity index (χ1) is 9.86. The second-order valence-electron chi connectivity index (χ2n) is 6.17. The van der Waals surface area contributed by atoms with Crippen LogP contribution in [0.1, 0.15) is 24.8 Å². The molecular formula is C17H26N2O. The summed E-state index contributed by atoms with van der Waals surface area (Å²) >= 11 is 0. The lowest BCUT2D eigenvalue weighted by Crippen LogP contribution is -2.45. The van der Waals surface area contributed by atoms with E-state index >= 15 is 0 Å². The zero-order valence-corrected chi connectivity index (χ0v) is 12.5. The van der Waals surface area contributed by atoms with Gasteiger partial charge in [-0.1, -0.05) is 18.2 Å². The number of rotatable bonds is 3. The minimum atomic E-state index is 0.686. The Morgan fingerprint density at radius 1 is 1.20 bits per heavy atom. The van der Waals surface area contributed by atoms with Gasteiger partial charge in [-0.15, -0.1) is 0 Å². The van der Waals surface area contributed by atoms with Gasteiger partial charge in [0.15, 0.2) is 0 Å². The first-order valence-electron chi connectivity index (χ1n) is 7.91. The molecule has 110 valence electrons. The number of piperidine rings is 1. The molecule has 0 radical (unpaired) electrons. The van der Waals surface area contributed by atoms with Crippen LogP contribution >= 0.6 is 0 Å². The van der Waals surface area contributed by atoms with Crippen molar-refractivity contribution >= 4 is 5.69 Å². The monoisotopic (exact) mass is 274 g/mol. The van der Waals surface area contributed by atoms with E-state index in [0.717, 1.165) is 19.1 Å². The lowest BCUT2D eigenvalue weighted by molar-refractivity contribution is 0.0804. The Morgan fingerprint density at radius 3 is 2.80 bits per heavy atom. The number of nitrogens with zero attached hydrogens (tertiary/aromatic N) is 1. The molecular weight excluding hydrogens is 248 g/mol. The van der Waals surface area contributed by atoms with E-state index in [1.807, 2.05) is 7.11 Å². The van der Waals surface area contributed by atoms with E-state index in [1.165, 1.54) is 50.0 Å². The number of fused-ring (bicyclic) bond motifs is 1. The molecule has 0 aromatic heterocycles. The maximum absolute atomic E-state index is 5.29. The van der Waals surface area contributed by atoms with Crippen LogP contribution in [0.4, 0.5) is 5.69 Å². The van der Waals surface area contributed by atoms with Crippen LogP contribution in [0, 0.1) is 5.92 Å². The van der Waals surface area contributed by atoms with E-state index < -0.39 is 0 Å². The van der Waals surface area contributed by atoms with Crippen molar-refractivity contribution < 1.29 is 4.74 Å². The normalized spacial score (nSPS) is 24.8. The smallest absolute Gasteiger partial charge is 0.0491 e. The molecule has 2 heterocycles. The molecule has 1 aromatic carbocycles. The number of hydrogen-bond donors (Lipinski definition) is 1. The highest BCUT2D eigenvalue weighted by Gasteiger charge is 2.26. The molecule has 1 atom stereocenters. The summed E-state index contributed by atoms with van der Waals surface area (Å²) in [5.74, 6) is 0.771. The molecule has 20 heavy (non-hydrogen) atoms. The number of para-hydroxylation sites is 1. The average Bonchev–Trinajstić information content (AvgIpc) is 2.71. The van der Waals surface area contributed by atoms with Gasteiger partial charge < -0.3 is 10.1 Å². The zero-order chi connectivity index (χ0) is 13.8. The Balaban J connectivity index is 1.55. The molecule has 1 saturated heterocycles. The van der Waals surface area contributed by atoms with E-state index in [4.69, 9.17) is 4.74 Å². The van der Waals surface area contributed by atoms with Crippen LogP contribution in [0.3, 0.4) is 0 Å². The Morgan fingerprint density at radius 2 is 2.00 bits per heavy atom. The summed E-state index contributed by atoms with van der Waals surface area (Å²) in [5, 5.41) is 3.64. The number of ether oxygens (including phenoxy) is 1. The maximum atomic E-state index is 5.29. The minimum absolute atomic E-state index is 0.686. The summed E-state index contributed by atoms with van der Waals surface area (Å²) in [6.07, 6.45) is 5.05. The summed E-state index contributed by atoms with van der Waals surface area (Å²) < 4.78 is 5.29. The van der Waals surface area contributed by atoms with E-state index in [-0.39, 0.29) is 0 Å². The molecule has 0 saturated carbocycles.